The average Bonchev–Trinajstić information content (AvgIpc) is 3.82. The summed E-state index contributed by atoms with van der Waals surface area (Å²) in [5.74, 6) is -0.0198. The number of likely N-dealkylation sites (tertiary alicyclic amines) is 1. The fourth-order valence-electron chi connectivity index (χ4n) is 10.2. The molecule has 0 bridgehead atoms. The number of carbonyl (C=O) groups is 1. The van der Waals surface area contributed by atoms with E-state index < -0.39 is 11.9 Å². The van der Waals surface area contributed by atoms with Crippen LogP contribution >= 0.6 is 11.6 Å². The maximum absolute atomic E-state index is 17.3. The number of amides is 1. The van der Waals surface area contributed by atoms with Crippen LogP contribution in [-0.4, -0.2) is 106 Å². The van der Waals surface area contributed by atoms with E-state index in [1.165, 1.54) is 20.0 Å². The summed E-state index contributed by atoms with van der Waals surface area (Å²) in [5, 5.41) is 20.3. The summed E-state index contributed by atoms with van der Waals surface area (Å²) < 4.78 is 35.4. The van der Waals surface area contributed by atoms with Gasteiger partial charge >= 0.3 is 12.1 Å². The van der Waals surface area contributed by atoms with Gasteiger partial charge in [0.05, 0.1) is 43.7 Å². The lowest BCUT2D eigenvalue weighted by Crippen LogP contribution is -2.64. The minimum absolute atomic E-state index is 0.000246. The molecule has 4 aromatic rings. The minimum atomic E-state index is -1.06. The lowest BCUT2D eigenvalue weighted by molar-refractivity contribution is -0.196. The third kappa shape index (κ3) is 6.71. The van der Waals surface area contributed by atoms with Crippen LogP contribution in [0.25, 0.3) is 33.1 Å². The molecule has 3 atom stereocenters. The number of hydrogen-bond acceptors (Lipinski definition) is 10. The van der Waals surface area contributed by atoms with E-state index in [1.807, 2.05) is 26.8 Å². The first-order valence-electron chi connectivity index (χ1n) is 19.9. The molecule has 0 radical (unpaired) electrons. The number of anilines is 1. The van der Waals surface area contributed by atoms with E-state index in [9.17, 15) is 9.90 Å². The molecule has 5 aliphatic rings. The van der Waals surface area contributed by atoms with Crippen molar-refractivity contribution >= 4 is 45.3 Å². The van der Waals surface area contributed by atoms with Crippen LogP contribution in [0, 0.1) is 29.5 Å². The number of piperidine rings is 2. The van der Waals surface area contributed by atoms with E-state index in [0.29, 0.717) is 76.4 Å². The first-order chi connectivity index (χ1) is 26.7. The Labute approximate surface area is 325 Å². The molecule has 15 heteroatoms. The molecule has 13 nitrogen and oxygen atoms in total. The van der Waals surface area contributed by atoms with Crippen LogP contribution in [0.15, 0.2) is 12.3 Å². The number of H-pyrrole nitrogens is 1. The molecule has 9 rings (SSSR count). The summed E-state index contributed by atoms with van der Waals surface area (Å²) >= 11 is 6.88. The highest BCUT2D eigenvalue weighted by molar-refractivity contribution is 6.35. The van der Waals surface area contributed by atoms with Crippen molar-refractivity contribution in [3.63, 3.8) is 0 Å². The van der Waals surface area contributed by atoms with Crippen LogP contribution in [-0.2, 0) is 4.74 Å². The van der Waals surface area contributed by atoms with Gasteiger partial charge in [0.2, 0.25) is 5.88 Å². The Balaban J connectivity index is 0.00000210. The van der Waals surface area contributed by atoms with Crippen LogP contribution < -0.4 is 19.7 Å². The van der Waals surface area contributed by atoms with Gasteiger partial charge in [-0.15, -0.1) is 0 Å². The lowest BCUT2D eigenvalue weighted by atomic mass is 9.62. The number of nitrogens with zero attached hydrogens (tertiary/aromatic N) is 6. The van der Waals surface area contributed by atoms with E-state index in [4.69, 9.17) is 40.8 Å². The molecule has 3 N–H and O–H groups in total. The Morgan fingerprint density at radius 1 is 1.15 bits per heavy atom. The highest BCUT2D eigenvalue weighted by Crippen LogP contribution is 2.55. The minimum Gasteiger partial charge on any atom is -0.480 e. The number of carboxylic acid groups (broad SMARTS) is 1. The lowest BCUT2D eigenvalue weighted by Gasteiger charge is -2.60. The number of aryl methyl sites for hydroxylation is 1. The number of methoxy groups -OCH3 is 1. The van der Waals surface area contributed by atoms with Gasteiger partial charge in [0, 0.05) is 53.5 Å². The van der Waals surface area contributed by atoms with Gasteiger partial charge < -0.3 is 29.5 Å². The second-order valence-corrected chi connectivity index (χ2v) is 16.5. The van der Waals surface area contributed by atoms with Crippen molar-refractivity contribution in [3.05, 3.63) is 28.7 Å². The topological polar surface area (TPSA) is 151 Å². The zero-order valence-corrected chi connectivity index (χ0v) is 33.0. The Hall–Kier alpha value is -4.01. The number of aromatic nitrogens is 5. The van der Waals surface area contributed by atoms with Crippen molar-refractivity contribution in [2.75, 3.05) is 58.0 Å². The van der Waals surface area contributed by atoms with Crippen molar-refractivity contribution in [1.82, 2.24) is 35.4 Å². The van der Waals surface area contributed by atoms with Crippen LogP contribution in [0.3, 0.4) is 0 Å². The molecule has 1 amide bonds. The second kappa shape index (κ2) is 15.2. The monoisotopic (exact) mass is 778 g/mol. The summed E-state index contributed by atoms with van der Waals surface area (Å²) in [4.78, 5) is 30.7. The zero-order valence-electron chi connectivity index (χ0n) is 32.2. The van der Waals surface area contributed by atoms with E-state index >= 15 is 4.39 Å². The maximum atomic E-state index is 17.3. The number of benzene rings is 1. The number of rotatable bonds is 9. The number of nitrogens with one attached hydrogen (secondary N) is 2. The molecule has 2 saturated carbocycles. The normalized spacial score (nSPS) is 24.9. The van der Waals surface area contributed by atoms with Crippen LogP contribution in [0.4, 0.5) is 15.0 Å². The molecule has 1 aromatic carbocycles. The Bertz CT molecular complexity index is 2070. The summed E-state index contributed by atoms with van der Waals surface area (Å²) in [5.41, 5.74) is 2.24. The number of hydrogen-bond donors (Lipinski definition) is 3. The van der Waals surface area contributed by atoms with Crippen molar-refractivity contribution in [2.24, 2.45) is 16.7 Å². The second-order valence-electron chi connectivity index (χ2n) is 16.1. The van der Waals surface area contributed by atoms with Gasteiger partial charge in [-0.2, -0.15) is 15.1 Å². The van der Waals surface area contributed by atoms with E-state index in [2.05, 4.69) is 25.3 Å². The summed E-state index contributed by atoms with van der Waals surface area (Å²) in [7, 11) is 1.49. The third-order valence-electron chi connectivity index (χ3n) is 12.8. The Morgan fingerprint density at radius 3 is 2.69 bits per heavy atom. The molecule has 3 unspecified atom stereocenters. The number of ether oxygens (including phenoxy) is 3. The van der Waals surface area contributed by atoms with Gasteiger partial charge in [-0.3, -0.25) is 10.00 Å². The maximum Gasteiger partial charge on any atom is 0.404 e. The summed E-state index contributed by atoms with van der Waals surface area (Å²) in [6.45, 7) is 10.6. The average molecular weight is 779 g/mol. The zero-order chi connectivity index (χ0) is 38.5. The fraction of sp³-hybridized carbons (Fsp3) is 0.625. The van der Waals surface area contributed by atoms with E-state index in [0.717, 1.165) is 70.3 Å². The third-order valence-corrected chi connectivity index (χ3v) is 13.3. The van der Waals surface area contributed by atoms with Crippen LogP contribution in [0.2, 0.25) is 5.02 Å². The molecule has 3 aromatic heterocycles. The van der Waals surface area contributed by atoms with Crippen LogP contribution in [0.1, 0.15) is 77.2 Å². The predicted octanol–water partition coefficient (Wildman–Crippen LogP) is 7.38. The molecule has 296 valence electrons. The molecule has 3 saturated heterocycles. The summed E-state index contributed by atoms with van der Waals surface area (Å²) in [6.07, 6.45) is 10.2. The molecule has 3 aliphatic heterocycles. The largest absolute Gasteiger partial charge is 0.480 e. The fourth-order valence-corrected chi connectivity index (χ4v) is 10.4. The Kier molecular flexibility index (Phi) is 10.4. The highest BCUT2D eigenvalue weighted by Gasteiger charge is 2.56. The number of aromatic amines is 1. The molecule has 6 heterocycles. The molecule has 2 aliphatic carbocycles. The van der Waals surface area contributed by atoms with Gasteiger partial charge in [0.1, 0.15) is 22.4 Å². The molecule has 55 heavy (non-hydrogen) atoms. The molecule has 1 spiro atoms. The molecular formula is C40H52ClFN8O5. The quantitative estimate of drug-likeness (QED) is 0.156. The number of fused-ring (bicyclic) bond motifs is 3. The van der Waals surface area contributed by atoms with Gasteiger partial charge in [-0.1, -0.05) is 31.9 Å². The van der Waals surface area contributed by atoms with Gasteiger partial charge in [-0.25, -0.2) is 14.2 Å². The van der Waals surface area contributed by atoms with Gasteiger partial charge in [-0.05, 0) is 82.4 Å². The Morgan fingerprint density at radius 2 is 1.95 bits per heavy atom. The van der Waals surface area contributed by atoms with E-state index in [-0.39, 0.29) is 34.4 Å². The molecular weight excluding hydrogens is 727 g/mol. The smallest absolute Gasteiger partial charge is 0.404 e. The van der Waals surface area contributed by atoms with Gasteiger partial charge in [0.15, 0.2) is 5.82 Å². The van der Waals surface area contributed by atoms with Crippen molar-refractivity contribution < 1.29 is 28.5 Å². The summed E-state index contributed by atoms with van der Waals surface area (Å²) in [6, 6.07) is 3.00. The first kappa shape index (κ1) is 37.9. The number of pyridine rings is 1. The van der Waals surface area contributed by atoms with E-state index in [1.54, 1.807) is 6.20 Å². The highest BCUT2D eigenvalue weighted by atomic mass is 35.5. The standard InChI is InChI=1S/C38H46ClFN8O5.C2H6/c1-21-12-25-24(16-42-46-25)27(29(21)39)31-30(40)32-28(34(43-31)51-2)33(47-10-4-6-22(17-47)15-41-36(49)50)45-35(44-32)53-20-38-8-3-7-26(38)48(11-5-9-38)23-13-37(14-23)18-52-19-37;1-2/h12,16,22-23,26,41H,3-11,13-15,17-20H2,1-2H3,(H,42,46)(H,49,50);1-2H3. The molecule has 5 fully saturated rings. The van der Waals surface area contributed by atoms with Crippen LogP contribution in [0.5, 0.6) is 11.9 Å². The van der Waals surface area contributed by atoms with Crippen molar-refractivity contribution in [3.8, 4) is 23.1 Å². The van der Waals surface area contributed by atoms with Gasteiger partial charge in [0.25, 0.3) is 0 Å². The van der Waals surface area contributed by atoms with Crippen molar-refractivity contribution in [1.29, 1.82) is 0 Å². The SMILES string of the molecule is CC.COc1nc(-c2c(Cl)c(C)cc3[nH]ncc23)c(F)c2nc(OCC34CCCC3N(C3CC5(COC5)C3)CCC4)nc(N3CCCC(CNC(=O)O)C3)c12. The number of halogens is 2. The van der Waals surface area contributed by atoms with Crippen molar-refractivity contribution in [2.45, 2.75) is 90.6 Å². The predicted molar refractivity (Wildman–Crippen MR) is 209 cm³/mol. The first-order valence-corrected chi connectivity index (χ1v) is 20.3.